The second-order valence-corrected chi connectivity index (χ2v) is 5.21. The van der Waals surface area contributed by atoms with E-state index in [1.807, 2.05) is 6.20 Å². The van der Waals surface area contributed by atoms with Gasteiger partial charge in [0.2, 0.25) is 0 Å². The van der Waals surface area contributed by atoms with E-state index in [2.05, 4.69) is 35.1 Å². The lowest BCUT2D eigenvalue weighted by Crippen LogP contribution is -2.07. The predicted molar refractivity (Wildman–Crippen MR) is 80.8 cm³/mol. The Morgan fingerprint density at radius 2 is 2.20 bits per heavy atom. The second kappa shape index (κ2) is 5.53. The smallest absolute Gasteiger partial charge is 0.119 e. The van der Waals surface area contributed by atoms with Crippen LogP contribution in [0.25, 0.3) is 5.57 Å². The van der Waals surface area contributed by atoms with Crippen LogP contribution in [-0.4, -0.2) is 17.1 Å². The zero-order valence-corrected chi connectivity index (χ0v) is 12.1. The summed E-state index contributed by atoms with van der Waals surface area (Å²) in [5, 5.41) is 0. The van der Waals surface area contributed by atoms with Gasteiger partial charge < -0.3 is 9.72 Å². The van der Waals surface area contributed by atoms with Crippen LogP contribution in [0.4, 0.5) is 0 Å². The number of imidazole rings is 1. The normalized spacial score (nSPS) is 14.3. The minimum atomic E-state index is 0.955. The minimum Gasteiger partial charge on any atom is -0.497 e. The summed E-state index contributed by atoms with van der Waals surface area (Å²) in [4.78, 5) is 7.32. The number of methoxy groups -OCH3 is 1. The molecule has 1 aromatic heterocycles. The molecule has 3 heteroatoms. The zero-order chi connectivity index (χ0) is 13.9. The summed E-state index contributed by atoms with van der Waals surface area (Å²) >= 11 is 0. The van der Waals surface area contributed by atoms with Crippen molar-refractivity contribution in [1.29, 1.82) is 0 Å². The van der Waals surface area contributed by atoms with E-state index in [0.717, 1.165) is 31.4 Å². The highest BCUT2D eigenvalue weighted by Crippen LogP contribution is 2.36. The number of ether oxygens (including phenoxy) is 1. The van der Waals surface area contributed by atoms with Gasteiger partial charge in [-0.3, -0.25) is 0 Å². The van der Waals surface area contributed by atoms with Gasteiger partial charge in [-0.1, -0.05) is 18.6 Å². The first-order chi connectivity index (χ1) is 9.81. The highest BCUT2D eigenvalue weighted by atomic mass is 16.5. The van der Waals surface area contributed by atoms with E-state index in [0.29, 0.717) is 0 Å². The average molecular weight is 268 g/mol. The Morgan fingerprint density at radius 3 is 2.90 bits per heavy atom. The molecule has 1 heterocycles. The van der Waals surface area contributed by atoms with Gasteiger partial charge >= 0.3 is 0 Å². The fraction of sp³-hybridized carbons (Fsp3) is 0.353. The maximum atomic E-state index is 5.33. The van der Waals surface area contributed by atoms with Crippen molar-refractivity contribution in [2.45, 2.75) is 32.6 Å². The molecule has 1 aromatic carbocycles. The SMILES string of the molecule is CCC1=C(Cc2cnc[nH]2)CCc2cc(OC)ccc21. The average Bonchev–Trinajstić information content (AvgIpc) is 2.99. The van der Waals surface area contributed by atoms with Gasteiger partial charge in [-0.2, -0.15) is 0 Å². The molecular formula is C17H20N2O. The number of aromatic amines is 1. The number of rotatable bonds is 4. The number of nitrogens with one attached hydrogen (secondary N) is 1. The first kappa shape index (κ1) is 13.0. The third-order valence-corrected chi connectivity index (χ3v) is 4.07. The number of aryl methyl sites for hydroxylation is 1. The van der Waals surface area contributed by atoms with Crippen molar-refractivity contribution in [1.82, 2.24) is 9.97 Å². The molecule has 0 radical (unpaired) electrons. The van der Waals surface area contributed by atoms with Crippen LogP contribution in [0.3, 0.4) is 0 Å². The highest BCUT2D eigenvalue weighted by molar-refractivity contribution is 5.74. The molecule has 3 nitrogen and oxygen atoms in total. The molecule has 20 heavy (non-hydrogen) atoms. The van der Waals surface area contributed by atoms with Crippen molar-refractivity contribution in [3.63, 3.8) is 0 Å². The summed E-state index contributed by atoms with van der Waals surface area (Å²) in [7, 11) is 1.73. The van der Waals surface area contributed by atoms with Gasteiger partial charge in [0.25, 0.3) is 0 Å². The van der Waals surface area contributed by atoms with Crippen LogP contribution in [-0.2, 0) is 12.8 Å². The molecule has 1 N–H and O–H groups in total. The number of H-pyrrole nitrogens is 1. The maximum Gasteiger partial charge on any atom is 0.119 e. The van der Waals surface area contributed by atoms with Crippen molar-refractivity contribution < 1.29 is 4.74 Å². The van der Waals surface area contributed by atoms with E-state index in [4.69, 9.17) is 4.74 Å². The van der Waals surface area contributed by atoms with Crippen LogP contribution in [0.5, 0.6) is 5.75 Å². The predicted octanol–water partition coefficient (Wildman–Crippen LogP) is 3.77. The molecule has 1 aliphatic carbocycles. The van der Waals surface area contributed by atoms with E-state index in [1.54, 1.807) is 13.4 Å². The minimum absolute atomic E-state index is 0.955. The van der Waals surface area contributed by atoms with E-state index in [1.165, 1.54) is 28.0 Å². The third-order valence-electron chi connectivity index (χ3n) is 4.07. The largest absolute Gasteiger partial charge is 0.497 e. The molecule has 3 rings (SSSR count). The molecule has 0 amide bonds. The van der Waals surface area contributed by atoms with Crippen LogP contribution in [0.2, 0.25) is 0 Å². The molecule has 0 saturated heterocycles. The van der Waals surface area contributed by atoms with Gasteiger partial charge in [-0.15, -0.1) is 0 Å². The van der Waals surface area contributed by atoms with E-state index < -0.39 is 0 Å². The van der Waals surface area contributed by atoms with Gasteiger partial charge in [0.1, 0.15) is 5.75 Å². The molecule has 0 saturated carbocycles. The fourth-order valence-electron chi connectivity index (χ4n) is 3.07. The fourth-order valence-corrected chi connectivity index (χ4v) is 3.07. The summed E-state index contributed by atoms with van der Waals surface area (Å²) in [6.07, 6.45) is 7.95. The second-order valence-electron chi connectivity index (χ2n) is 5.21. The van der Waals surface area contributed by atoms with Gasteiger partial charge in [0.15, 0.2) is 0 Å². The lowest BCUT2D eigenvalue weighted by Gasteiger charge is -2.23. The number of nitrogens with zero attached hydrogens (tertiary/aromatic N) is 1. The Kier molecular flexibility index (Phi) is 3.59. The topological polar surface area (TPSA) is 37.9 Å². The number of aromatic nitrogens is 2. The maximum absolute atomic E-state index is 5.33. The van der Waals surface area contributed by atoms with Crippen LogP contribution in [0, 0.1) is 0 Å². The molecule has 0 spiro atoms. The van der Waals surface area contributed by atoms with Crippen LogP contribution >= 0.6 is 0 Å². The molecule has 0 atom stereocenters. The molecule has 0 unspecified atom stereocenters. The van der Waals surface area contributed by atoms with Gasteiger partial charge in [0, 0.05) is 18.3 Å². The van der Waals surface area contributed by atoms with Gasteiger partial charge in [-0.25, -0.2) is 4.98 Å². The van der Waals surface area contributed by atoms with Crippen molar-refractivity contribution in [2.75, 3.05) is 7.11 Å². The number of allylic oxidation sites excluding steroid dienone is 2. The monoisotopic (exact) mass is 268 g/mol. The van der Waals surface area contributed by atoms with E-state index in [9.17, 15) is 0 Å². The number of hydrogen-bond acceptors (Lipinski definition) is 2. The Labute approximate surface area is 119 Å². The lowest BCUT2D eigenvalue weighted by atomic mass is 9.82. The summed E-state index contributed by atoms with van der Waals surface area (Å²) in [5.74, 6) is 0.955. The lowest BCUT2D eigenvalue weighted by molar-refractivity contribution is 0.414. The number of hydrogen-bond donors (Lipinski definition) is 1. The Hall–Kier alpha value is -2.03. The molecule has 2 aromatic rings. The van der Waals surface area contributed by atoms with Crippen LogP contribution in [0.1, 0.15) is 36.6 Å². The van der Waals surface area contributed by atoms with Crippen molar-refractivity contribution in [3.8, 4) is 5.75 Å². The Bertz CT molecular complexity index is 626. The molecular weight excluding hydrogens is 248 g/mol. The molecule has 0 fully saturated rings. The molecule has 104 valence electrons. The standard InChI is InChI=1S/C17H20N2O/c1-3-16-12(8-14-10-18-11-19-14)4-5-13-9-15(20-2)6-7-17(13)16/h6-7,9-11H,3-5,8H2,1-2H3,(H,18,19). The first-order valence-electron chi connectivity index (χ1n) is 7.17. The van der Waals surface area contributed by atoms with E-state index in [-0.39, 0.29) is 0 Å². The summed E-state index contributed by atoms with van der Waals surface area (Å²) < 4.78 is 5.33. The summed E-state index contributed by atoms with van der Waals surface area (Å²) in [6.45, 7) is 2.24. The third kappa shape index (κ3) is 2.36. The van der Waals surface area contributed by atoms with Crippen molar-refractivity contribution in [2.24, 2.45) is 0 Å². The highest BCUT2D eigenvalue weighted by Gasteiger charge is 2.18. The zero-order valence-electron chi connectivity index (χ0n) is 12.1. The van der Waals surface area contributed by atoms with Crippen LogP contribution < -0.4 is 4.74 Å². The Morgan fingerprint density at radius 1 is 1.30 bits per heavy atom. The molecule has 0 aliphatic heterocycles. The summed E-state index contributed by atoms with van der Waals surface area (Å²) in [6, 6.07) is 6.45. The van der Waals surface area contributed by atoms with Gasteiger partial charge in [0.05, 0.1) is 13.4 Å². The Balaban J connectivity index is 1.98. The number of fused-ring (bicyclic) bond motifs is 1. The van der Waals surface area contributed by atoms with E-state index >= 15 is 0 Å². The molecule has 0 bridgehead atoms. The van der Waals surface area contributed by atoms with Crippen LogP contribution in [0.15, 0.2) is 36.3 Å². The van der Waals surface area contributed by atoms with Crippen molar-refractivity contribution in [3.05, 3.63) is 53.1 Å². The van der Waals surface area contributed by atoms with Gasteiger partial charge in [-0.05, 0) is 48.1 Å². The molecule has 1 aliphatic rings. The number of benzene rings is 1. The van der Waals surface area contributed by atoms with Crippen molar-refractivity contribution >= 4 is 5.57 Å². The first-order valence-corrected chi connectivity index (χ1v) is 7.17. The summed E-state index contributed by atoms with van der Waals surface area (Å²) in [5.41, 5.74) is 7.03. The quantitative estimate of drug-likeness (QED) is 0.916.